The number of carbonyl (C=O) groups is 1. The van der Waals surface area contributed by atoms with Crippen LogP contribution < -0.4 is 10.6 Å². The van der Waals surface area contributed by atoms with Crippen molar-refractivity contribution in [3.05, 3.63) is 35.9 Å². The molecule has 1 unspecified atom stereocenters. The molecule has 0 bridgehead atoms. The first-order chi connectivity index (χ1) is 9.80. The molecule has 0 radical (unpaired) electrons. The summed E-state index contributed by atoms with van der Waals surface area (Å²) in [6.45, 7) is 1.80. The highest BCUT2D eigenvalue weighted by molar-refractivity contribution is 5.85. The van der Waals surface area contributed by atoms with Gasteiger partial charge in [-0.05, 0) is 31.4 Å². The van der Waals surface area contributed by atoms with Crippen molar-refractivity contribution >= 4 is 18.3 Å². The van der Waals surface area contributed by atoms with Crippen LogP contribution in [0.3, 0.4) is 0 Å². The van der Waals surface area contributed by atoms with Crippen LogP contribution in [-0.2, 0) is 10.3 Å². The summed E-state index contributed by atoms with van der Waals surface area (Å²) in [5.41, 5.74) is 1.15. The van der Waals surface area contributed by atoms with Crippen molar-refractivity contribution in [2.45, 2.75) is 44.1 Å². The number of benzene rings is 1. The van der Waals surface area contributed by atoms with Crippen molar-refractivity contribution in [1.82, 2.24) is 10.6 Å². The first kappa shape index (κ1) is 16.3. The second kappa shape index (κ2) is 7.28. The lowest BCUT2D eigenvalue weighted by Crippen LogP contribution is -2.49. The van der Waals surface area contributed by atoms with Gasteiger partial charge in [0.1, 0.15) is 0 Å². The van der Waals surface area contributed by atoms with Gasteiger partial charge in [-0.1, -0.05) is 49.6 Å². The van der Waals surface area contributed by atoms with E-state index in [2.05, 4.69) is 34.9 Å². The molecule has 4 heteroatoms. The zero-order valence-corrected chi connectivity index (χ0v) is 13.3. The molecule has 1 aromatic rings. The SMILES string of the molecule is Cl.O=C(NC1(c2ccccc2)CCCCC1)C1CCNC1. The molecule has 2 fully saturated rings. The lowest BCUT2D eigenvalue weighted by molar-refractivity contribution is -0.127. The van der Waals surface area contributed by atoms with Crippen molar-refractivity contribution in [3.8, 4) is 0 Å². The van der Waals surface area contributed by atoms with E-state index in [0.29, 0.717) is 0 Å². The van der Waals surface area contributed by atoms with Crippen LogP contribution in [0, 0.1) is 5.92 Å². The van der Waals surface area contributed by atoms with Gasteiger partial charge in [0.05, 0.1) is 11.5 Å². The van der Waals surface area contributed by atoms with Crippen LogP contribution >= 0.6 is 12.4 Å². The molecule has 1 saturated heterocycles. The van der Waals surface area contributed by atoms with Gasteiger partial charge in [0.25, 0.3) is 0 Å². The fourth-order valence-electron chi connectivity index (χ4n) is 3.61. The molecule has 1 saturated carbocycles. The number of halogens is 1. The highest BCUT2D eigenvalue weighted by atomic mass is 35.5. The second-order valence-electron chi connectivity index (χ2n) is 6.19. The van der Waals surface area contributed by atoms with Crippen molar-refractivity contribution in [1.29, 1.82) is 0 Å². The fourth-order valence-corrected chi connectivity index (χ4v) is 3.61. The molecule has 2 N–H and O–H groups in total. The molecule has 3 nitrogen and oxygen atoms in total. The molecule has 0 aromatic heterocycles. The van der Waals surface area contributed by atoms with E-state index in [-0.39, 0.29) is 29.8 Å². The van der Waals surface area contributed by atoms with Crippen LogP contribution in [0.25, 0.3) is 0 Å². The number of rotatable bonds is 3. The van der Waals surface area contributed by atoms with E-state index in [9.17, 15) is 4.79 Å². The van der Waals surface area contributed by atoms with E-state index in [4.69, 9.17) is 0 Å². The summed E-state index contributed by atoms with van der Waals surface area (Å²) >= 11 is 0. The largest absolute Gasteiger partial charge is 0.346 e. The number of hydrogen-bond donors (Lipinski definition) is 2. The van der Waals surface area contributed by atoms with Crippen LogP contribution in [0.1, 0.15) is 44.1 Å². The molecule has 116 valence electrons. The molecule has 1 heterocycles. The fraction of sp³-hybridized carbons (Fsp3) is 0.588. The van der Waals surface area contributed by atoms with Crippen molar-refractivity contribution in [2.75, 3.05) is 13.1 Å². The molecule has 2 aliphatic rings. The minimum Gasteiger partial charge on any atom is -0.346 e. The molecule has 1 amide bonds. The zero-order chi connectivity index (χ0) is 13.8. The Balaban J connectivity index is 0.00000161. The van der Waals surface area contributed by atoms with Gasteiger partial charge in [-0.25, -0.2) is 0 Å². The number of nitrogens with one attached hydrogen (secondary N) is 2. The Morgan fingerprint density at radius 2 is 1.86 bits per heavy atom. The topological polar surface area (TPSA) is 41.1 Å². The van der Waals surface area contributed by atoms with E-state index in [1.807, 2.05) is 6.07 Å². The van der Waals surface area contributed by atoms with Gasteiger partial charge in [0.2, 0.25) is 5.91 Å². The predicted molar refractivity (Wildman–Crippen MR) is 87.6 cm³/mol. The summed E-state index contributed by atoms with van der Waals surface area (Å²) in [4.78, 5) is 12.5. The Kier molecular flexibility index (Phi) is 5.65. The lowest BCUT2D eigenvalue weighted by atomic mass is 9.76. The minimum atomic E-state index is -0.126. The maximum atomic E-state index is 12.5. The Morgan fingerprint density at radius 1 is 1.14 bits per heavy atom. The third kappa shape index (κ3) is 3.58. The van der Waals surface area contributed by atoms with E-state index in [0.717, 1.165) is 32.4 Å². The quantitative estimate of drug-likeness (QED) is 0.901. The Bertz CT molecular complexity index is 451. The van der Waals surface area contributed by atoms with Crippen molar-refractivity contribution in [2.24, 2.45) is 5.92 Å². The van der Waals surface area contributed by atoms with Gasteiger partial charge in [0.15, 0.2) is 0 Å². The molecule has 0 spiro atoms. The van der Waals surface area contributed by atoms with Gasteiger partial charge in [-0.3, -0.25) is 4.79 Å². The molecule has 3 rings (SSSR count). The maximum absolute atomic E-state index is 12.5. The van der Waals surface area contributed by atoms with Gasteiger partial charge >= 0.3 is 0 Å². The molecule has 1 aromatic carbocycles. The summed E-state index contributed by atoms with van der Waals surface area (Å²) < 4.78 is 0. The second-order valence-corrected chi connectivity index (χ2v) is 6.19. The lowest BCUT2D eigenvalue weighted by Gasteiger charge is -2.39. The average molecular weight is 309 g/mol. The van der Waals surface area contributed by atoms with Crippen LogP contribution in [0.2, 0.25) is 0 Å². The van der Waals surface area contributed by atoms with Crippen LogP contribution in [-0.4, -0.2) is 19.0 Å². The Hall–Kier alpha value is -1.06. The minimum absolute atomic E-state index is 0. The van der Waals surface area contributed by atoms with Crippen molar-refractivity contribution < 1.29 is 4.79 Å². The summed E-state index contributed by atoms with van der Waals surface area (Å²) in [6, 6.07) is 10.5. The van der Waals surface area contributed by atoms with Gasteiger partial charge in [-0.2, -0.15) is 0 Å². The molecule has 1 aliphatic heterocycles. The zero-order valence-electron chi connectivity index (χ0n) is 12.4. The number of amides is 1. The normalized spacial score (nSPS) is 24.1. The van der Waals surface area contributed by atoms with Gasteiger partial charge in [0, 0.05) is 6.54 Å². The maximum Gasteiger partial charge on any atom is 0.225 e. The Labute approximate surface area is 133 Å². The monoisotopic (exact) mass is 308 g/mol. The molecule has 21 heavy (non-hydrogen) atoms. The number of carbonyl (C=O) groups excluding carboxylic acids is 1. The van der Waals surface area contributed by atoms with Gasteiger partial charge < -0.3 is 10.6 Å². The number of hydrogen-bond acceptors (Lipinski definition) is 2. The van der Waals surface area contributed by atoms with Crippen LogP contribution in [0.4, 0.5) is 0 Å². The third-order valence-electron chi connectivity index (χ3n) is 4.83. The highest BCUT2D eigenvalue weighted by Crippen LogP contribution is 2.37. The standard InChI is InChI=1S/C17H24N2O.ClH/c20-16(14-9-12-18-13-14)19-17(10-5-2-6-11-17)15-7-3-1-4-8-15;/h1,3-4,7-8,14,18H,2,5-6,9-13H2,(H,19,20);1H. The van der Waals surface area contributed by atoms with Crippen molar-refractivity contribution in [3.63, 3.8) is 0 Å². The first-order valence-corrected chi connectivity index (χ1v) is 7.88. The Morgan fingerprint density at radius 3 is 2.48 bits per heavy atom. The smallest absolute Gasteiger partial charge is 0.225 e. The molecular weight excluding hydrogens is 284 g/mol. The van der Waals surface area contributed by atoms with Crippen LogP contribution in [0.5, 0.6) is 0 Å². The summed E-state index contributed by atoms with van der Waals surface area (Å²) in [5, 5.41) is 6.69. The average Bonchev–Trinajstić information content (AvgIpc) is 3.03. The van der Waals surface area contributed by atoms with Crippen LogP contribution in [0.15, 0.2) is 30.3 Å². The summed E-state index contributed by atoms with van der Waals surface area (Å²) in [7, 11) is 0. The molecular formula is C17H25ClN2O. The third-order valence-corrected chi connectivity index (χ3v) is 4.83. The molecule has 1 atom stereocenters. The summed E-state index contributed by atoms with van der Waals surface area (Å²) in [5.74, 6) is 0.387. The van der Waals surface area contributed by atoms with E-state index in [1.54, 1.807) is 0 Å². The van der Waals surface area contributed by atoms with E-state index >= 15 is 0 Å². The van der Waals surface area contributed by atoms with E-state index < -0.39 is 0 Å². The van der Waals surface area contributed by atoms with E-state index in [1.165, 1.54) is 24.8 Å². The first-order valence-electron chi connectivity index (χ1n) is 7.88. The highest BCUT2D eigenvalue weighted by Gasteiger charge is 2.37. The molecule has 1 aliphatic carbocycles. The van der Waals surface area contributed by atoms with Gasteiger partial charge in [-0.15, -0.1) is 12.4 Å². The predicted octanol–water partition coefficient (Wildman–Crippen LogP) is 2.99. The summed E-state index contributed by atoms with van der Waals surface area (Å²) in [6.07, 6.45) is 6.81.